The zero-order chi connectivity index (χ0) is 13.5. The minimum atomic E-state index is -1.23. The van der Waals surface area contributed by atoms with Crippen molar-refractivity contribution in [3.8, 4) is 0 Å². The number of carbonyl (C=O) groups is 1. The Morgan fingerprint density at radius 1 is 1.11 bits per heavy atom. The van der Waals surface area contributed by atoms with E-state index in [9.17, 15) is 4.79 Å². The van der Waals surface area contributed by atoms with Crippen LogP contribution in [0.5, 0.6) is 0 Å². The molecule has 0 saturated heterocycles. The summed E-state index contributed by atoms with van der Waals surface area (Å²) in [5.74, 6) is -0.533. The predicted octanol–water partition coefficient (Wildman–Crippen LogP) is 2.80. The molecule has 0 spiro atoms. The van der Waals surface area contributed by atoms with Gasteiger partial charge in [0.25, 0.3) is 5.91 Å². The van der Waals surface area contributed by atoms with E-state index in [2.05, 4.69) is 0 Å². The number of fused-ring (bicyclic) bond motifs is 1. The number of para-hydroxylation sites is 2. The molecule has 1 aliphatic heterocycles. The lowest BCUT2D eigenvalue weighted by Gasteiger charge is -2.32. The van der Waals surface area contributed by atoms with E-state index in [0.717, 1.165) is 16.9 Å². The molecule has 2 aromatic carbocycles. The molecule has 96 valence electrons. The largest absolute Gasteiger partial charge is 0.367 e. The van der Waals surface area contributed by atoms with E-state index in [1.54, 1.807) is 0 Å². The number of hydrogen-bond donors (Lipinski definition) is 1. The summed E-state index contributed by atoms with van der Waals surface area (Å²) >= 11 is 6.52. The van der Waals surface area contributed by atoms with E-state index in [1.807, 2.05) is 59.5 Å². The van der Waals surface area contributed by atoms with Gasteiger partial charge in [0.2, 0.25) is 5.00 Å². The van der Waals surface area contributed by atoms with Crippen molar-refractivity contribution in [3.05, 3.63) is 60.2 Å². The van der Waals surface area contributed by atoms with Gasteiger partial charge in [-0.2, -0.15) is 0 Å². The van der Waals surface area contributed by atoms with Gasteiger partial charge in [-0.25, -0.2) is 0 Å². The molecule has 19 heavy (non-hydrogen) atoms. The molecule has 0 saturated carbocycles. The Morgan fingerprint density at radius 2 is 1.74 bits per heavy atom. The second kappa shape index (κ2) is 4.28. The van der Waals surface area contributed by atoms with Gasteiger partial charge in [-0.05, 0) is 23.8 Å². The second-order valence-electron chi connectivity index (χ2n) is 4.60. The van der Waals surface area contributed by atoms with Gasteiger partial charge in [-0.3, -0.25) is 4.79 Å². The molecule has 2 aromatic rings. The minimum Gasteiger partial charge on any atom is -0.367 e. The van der Waals surface area contributed by atoms with Crippen molar-refractivity contribution in [3.63, 3.8) is 0 Å². The van der Waals surface area contributed by atoms with E-state index >= 15 is 0 Å². The number of primary amides is 1. The fourth-order valence-electron chi connectivity index (χ4n) is 2.52. The van der Waals surface area contributed by atoms with E-state index in [4.69, 9.17) is 17.3 Å². The fourth-order valence-corrected chi connectivity index (χ4v) is 2.85. The van der Waals surface area contributed by atoms with Crippen LogP contribution in [0.4, 0.5) is 11.4 Å². The van der Waals surface area contributed by atoms with Crippen LogP contribution in [0.25, 0.3) is 0 Å². The lowest BCUT2D eigenvalue weighted by molar-refractivity contribution is -0.120. The summed E-state index contributed by atoms with van der Waals surface area (Å²) in [5, 5.41) is 0. The Bertz CT molecular complexity index is 629. The molecule has 0 aliphatic carbocycles. The van der Waals surface area contributed by atoms with E-state index < -0.39 is 10.9 Å². The first-order valence-corrected chi connectivity index (χ1v) is 6.43. The fraction of sp³-hybridized carbons (Fsp3) is 0.133. The average molecular weight is 273 g/mol. The van der Waals surface area contributed by atoms with Gasteiger partial charge < -0.3 is 10.6 Å². The number of hydrogen-bond acceptors (Lipinski definition) is 2. The number of carbonyl (C=O) groups excluding carboxylic acids is 1. The van der Waals surface area contributed by atoms with Crippen LogP contribution in [0.3, 0.4) is 0 Å². The van der Waals surface area contributed by atoms with Gasteiger partial charge in [-0.1, -0.05) is 48.0 Å². The topological polar surface area (TPSA) is 46.3 Å². The average Bonchev–Trinajstić information content (AvgIpc) is 2.73. The van der Waals surface area contributed by atoms with Crippen LogP contribution in [0.2, 0.25) is 0 Å². The summed E-state index contributed by atoms with van der Waals surface area (Å²) < 4.78 is 0. The number of rotatable bonds is 2. The molecule has 0 aromatic heterocycles. The summed E-state index contributed by atoms with van der Waals surface area (Å²) in [4.78, 5) is 12.4. The normalized spacial score (nSPS) is 21.2. The summed E-state index contributed by atoms with van der Waals surface area (Å²) in [6.07, 6.45) is 0.412. The first kappa shape index (κ1) is 12.1. The SMILES string of the molecule is NC(=O)C1(Cl)Cc2ccccc2N1c1ccccc1. The monoisotopic (exact) mass is 272 g/mol. The number of alkyl halides is 1. The maximum absolute atomic E-state index is 11.8. The highest BCUT2D eigenvalue weighted by molar-refractivity contribution is 6.37. The molecule has 2 N–H and O–H groups in total. The summed E-state index contributed by atoms with van der Waals surface area (Å²) in [6.45, 7) is 0. The van der Waals surface area contributed by atoms with Gasteiger partial charge in [0.15, 0.2) is 0 Å². The van der Waals surface area contributed by atoms with Crippen LogP contribution in [0.1, 0.15) is 5.56 Å². The van der Waals surface area contributed by atoms with Crippen LogP contribution in [0.15, 0.2) is 54.6 Å². The molecule has 1 aliphatic rings. The number of halogens is 1. The quantitative estimate of drug-likeness (QED) is 0.675. The zero-order valence-corrected chi connectivity index (χ0v) is 11.0. The Balaban J connectivity index is 2.19. The summed E-state index contributed by atoms with van der Waals surface area (Å²) in [6, 6.07) is 17.4. The van der Waals surface area contributed by atoms with Crippen LogP contribution < -0.4 is 10.6 Å². The van der Waals surface area contributed by atoms with Crippen LogP contribution >= 0.6 is 11.6 Å². The van der Waals surface area contributed by atoms with Crippen molar-refractivity contribution in [2.45, 2.75) is 11.4 Å². The molecule has 1 atom stereocenters. The van der Waals surface area contributed by atoms with E-state index in [-0.39, 0.29) is 0 Å². The van der Waals surface area contributed by atoms with E-state index in [1.165, 1.54) is 0 Å². The number of amides is 1. The van der Waals surface area contributed by atoms with Crippen LogP contribution in [0, 0.1) is 0 Å². The number of anilines is 2. The van der Waals surface area contributed by atoms with Gasteiger partial charge >= 0.3 is 0 Å². The molecule has 3 nitrogen and oxygen atoms in total. The second-order valence-corrected chi connectivity index (χ2v) is 5.23. The summed E-state index contributed by atoms with van der Waals surface area (Å²) in [7, 11) is 0. The molecule has 1 heterocycles. The molecule has 0 bridgehead atoms. The number of nitrogens with two attached hydrogens (primary N) is 1. The van der Waals surface area contributed by atoms with Gasteiger partial charge in [0.1, 0.15) is 0 Å². The molecule has 3 rings (SSSR count). The van der Waals surface area contributed by atoms with Crippen molar-refractivity contribution < 1.29 is 4.79 Å². The molecule has 4 heteroatoms. The van der Waals surface area contributed by atoms with E-state index in [0.29, 0.717) is 6.42 Å². The van der Waals surface area contributed by atoms with Crippen molar-refractivity contribution >= 4 is 28.9 Å². The van der Waals surface area contributed by atoms with Gasteiger partial charge in [0, 0.05) is 17.8 Å². The lowest BCUT2D eigenvalue weighted by atomic mass is 10.1. The zero-order valence-electron chi connectivity index (χ0n) is 10.2. The molecule has 0 radical (unpaired) electrons. The third-order valence-corrected chi connectivity index (χ3v) is 3.89. The number of nitrogens with zero attached hydrogens (tertiary/aromatic N) is 1. The first-order valence-electron chi connectivity index (χ1n) is 6.05. The van der Waals surface area contributed by atoms with Crippen LogP contribution in [-0.2, 0) is 11.2 Å². The first-order chi connectivity index (χ1) is 9.13. The third kappa shape index (κ3) is 1.78. The highest BCUT2D eigenvalue weighted by Gasteiger charge is 2.47. The molecular weight excluding hydrogens is 260 g/mol. The maximum atomic E-state index is 11.8. The van der Waals surface area contributed by atoms with Crippen molar-refractivity contribution in [1.29, 1.82) is 0 Å². The predicted molar refractivity (Wildman–Crippen MR) is 76.5 cm³/mol. The Morgan fingerprint density at radius 3 is 2.42 bits per heavy atom. The molecule has 1 amide bonds. The minimum absolute atomic E-state index is 0.412. The highest BCUT2D eigenvalue weighted by atomic mass is 35.5. The standard InChI is InChI=1S/C15H13ClN2O/c16-15(14(17)19)10-11-6-4-5-9-13(11)18(15)12-7-2-1-3-8-12/h1-9H,10H2,(H2,17,19). The Hall–Kier alpha value is -2.00. The van der Waals surface area contributed by atoms with Crippen molar-refractivity contribution in [1.82, 2.24) is 0 Å². The smallest absolute Gasteiger partial charge is 0.259 e. The lowest BCUT2D eigenvalue weighted by Crippen LogP contribution is -2.49. The maximum Gasteiger partial charge on any atom is 0.259 e. The van der Waals surface area contributed by atoms with Crippen molar-refractivity contribution in [2.24, 2.45) is 5.73 Å². The van der Waals surface area contributed by atoms with Gasteiger partial charge in [-0.15, -0.1) is 0 Å². The Kier molecular flexibility index (Phi) is 2.72. The van der Waals surface area contributed by atoms with Crippen molar-refractivity contribution in [2.75, 3.05) is 4.90 Å². The summed E-state index contributed by atoms with van der Waals surface area (Å²) in [5.41, 5.74) is 8.35. The van der Waals surface area contributed by atoms with Crippen LogP contribution in [-0.4, -0.2) is 10.9 Å². The van der Waals surface area contributed by atoms with Gasteiger partial charge in [0.05, 0.1) is 0 Å². The molecule has 0 fully saturated rings. The number of benzene rings is 2. The molecular formula is C15H13ClN2O. The Labute approximate surface area is 116 Å². The highest BCUT2D eigenvalue weighted by Crippen LogP contribution is 2.46. The molecule has 1 unspecified atom stereocenters. The third-order valence-electron chi connectivity index (χ3n) is 3.40.